The van der Waals surface area contributed by atoms with Gasteiger partial charge in [0.05, 0.1) is 6.61 Å². The predicted molar refractivity (Wildman–Crippen MR) is 58.2 cm³/mol. The molecule has 0 saturated heterocycles. The average Bonchev–Trinajstić information content (AvgIpc) is 2.05. The smallest absolute Gasteiger partial charge is 0.290 e. The van der Waals surface area contributed by atoms with E-state index in [1.54, 1.807) is 0 Å². The second-order valence-electron chi connectivity index (χ2n) is 3.16. The number of allylic oxidation sites excluding steroid dienone is 3. The molecule has 0 heterocycles. The molecule has 0 saturated carbocycles. The summed E-state index contributed by atoms with van der Waals surface area (Å²) in [7, 11) is 0. The highest BCUT2D eigenvalue weighted by atomic mass is 16.3. The van der Waals surface area contributed by atoms with Gasteiger partial charge in [-0.05, 0) is 33.6 Å². The molecule has 0 rings (SSSR count). The van der Waals surface area contributed by atoms with Crippen molar-refractivity contribution >= 4 is 6.47 Å². The zero-order valence-corrected chi connectivity index (χ0v) is 9.16. The fraction of sp³-hybridized carbons (Fsp3) is 0.545. The summed E-state index contributed by atoms with van der Waals surface area (Å²) in [5.74, 6) is 0. The Kier molecular flexibility index (Phi) is 13.1. The fourth-order valence-corrected chi connectivity index (χ4v) is 0.846. The number of hydrogen-bond donors (Lipinski definition) is 2. The summed E-state index contributed by atoms with van der Waals surface area (Å²) in [5, 5.41) is 15.4. The minimum atomic E-state index is -0.250. The van der Waals surface area contributed by atoms with Gasteiger partial charge in [-0.3, -0.25) is 4.79 Å². The van der Waals surface area contributed by atoms with Gasteiger partial charge < -0.3 is 10.2 Å². The van der Waals surface area contributed by atoms with E-state index in [1.807, 2.05) is 6.08 Å². The molecule has 0 atom stereocenters. The maximum Gasteiger partial charge on any atom is 0.290 e. The molecule has 0 fully saturated rings. The molecule has 2 N–H and O–H groups in total. The van der Waals surface area contributed by atoms with Crippen LogP contribution in [0.3, 0.4) is 0 Å². The van der Waals surface area contributed by atoms with Crippen molar-refractivity contribution in [2.45, 2.75) is 33.6 Å². The first-order valence-corrected chi connectivity index (χ1v) is 4.56. The van der Waals surface area contributed by atoms with Crippen molar-refractivity contribution in [3.63, 3.8) is 0 Å². The van der Waals surface area contributed by atoms with Gasteiger partial charge in [-0.2, -0.15) is 0 Å². The molecular formula is C11H20O3. The monoisotopic (exact) mass is 200 g/mol. The molecule has 0 radical (unpaired) electrons. The van der Waals surface area contributed by atoms with E-state index < -0.39 is 0 Å². The largest absolute Gasteiger partial charge is 0.483 e. The van der Waals surface area contributed by atoms with Crippen molar-refractivity contribution in [3.05, 3.63) is 23.3 Å². The Labute approximate surface area is 85.8 Å². The van der Waals surface area contributed by atoms with E-state index in [0.717, 1.165) is 12.8 Å². The third kappa shape index (κ3) is 17.1. The molecule has 0 bridgehead atoms. The standard InChI is InChI=1S/C10H18O.CH2O2/c1-9(2)5-4-6-10(3)7-8-11;2-1-3/h5,7,11H,4,6,8H2,1-3H3;1H,(H,2,3)/b10-7-;. The van der Waals surface area contributed by atoms with Crippen LogP contribution in [-0.2, 0) is 4.79 Å². The van der Waals surface area contributed by atoms with Crippen LogP contribution in [0.1, 0.15) is 33.6 Å². The van der Waals surface area contributed by atoms with Gasteiger partial charge in [-0.15, -0.1) is 0 Å². The zero-order valence-electron chi connectivity index (χ0n) is 9.16. The molecule has 0 amide bonds. The Morgan fingerprint density at radius 3 is 2.07 bits per heavy atom. The van der Waals surface area contributed by atoms with Crippen LogP contribution in [0, 0.1) is 0 Å². The van der Waals surface area contributed by atoms with E-state index in [9.17, 15) is 0 Å². The third-order valence-corrected chi connectivity index (χ3v) is 1.53. The van der Waals surface area contributed by atoms with E-state index in [1.165, 1.54) is 11.1 Å². The van der Waals surface area contributed by atoms with Gasteiger partial charge in [0, 0.05) is 0 Å². The first-order chi connectivity index (χ1) is 6.58. The Balaban J connectivity index is 0. The maximum absolute atomic E-state index is 8.55. The average molecular weight is 200 g/mol. The van der Waals surface area contributed by atoms with Crippen LogP contribution in [-0.4, -0.2) is 23.3 Å². The van der Waals surface area contributed by atoms with Crippen LogP contribution >= 0.6 is 0 Å². The molecular weight excluding hydrogens is 180 g/mol. The highest BCUT2D eigenvalue weighted by Crippen LogP contribution is 2.05. The van der Waals surface area contributed by atoms with Gasteiger partial charge >= 0.3 is 0 Å². The molecule has 3 nitrogen and oxygen atoms in total. The van der Waals surface area contributed by atoms with Crippen molar-refractivity contribution in [1.82, 2.24) is 0 Å². The molecule has 0 aromatic rings. The molecule has 0 aliphatic heterocycles. The van der Waals surface area contributed by atoms with Crippen molar-refractivity contribution in [2.24, 2.45) is 0 Å². The van der Waals surface area contributed by atoms with E-state index in [0.29, 0.717) is 0 Å². The summed E-state index contributed by atoms with van der Waals surface area (Å²) in [6.45, 7) is 6.17. The van der Waals surface area contributed by atoms with E-state index in [2.05, 4.69) is 26.8 Å². The number of carboxylic acid groups (broad SMARTS) is 1. The highest BCUT2D eigenvalue weighted by molar-refractivity contribution is 5.32. The first kappa shape index (κ1) is 15.4. The molecule has 0 aliphatic carbocycles. The molecule has 0 aliphatic rings. The minimum Gasteiger partial charge on any atom is -0.483 e. The predicted octanol–water partition coefficient (Wildman–Crippen LogP) is 2.37. The summed E-state index contributed by atoms with van der Waals surface area (Å²) >= 11 is 0. The van der Waals surface area contributed by atoms with Crippen LogP contribution in [0.2, 0.25) is 0 Å². The molecule has 0 spiro atoms. The van der Waals surface area contributed by atoms with Gasteiger partial charge in [0.15, 0.2) is 0 Å². The Morgan fingerprint density at radius 2 is 1.71 bits per heavy atom. The lowest BCUT2D eigenvalue weighted by Crippen LogP contribution is -1.80. The number of hydrogen-bond acceptors (Lipinski definition) is 2. The van der Waals surface area contributed by atoms with Crippen LogP contribution < -0.4 is 0 Å². The number of carbonyl (C=O) groups is 1. The fourth-order valence-electron chi connectivity index (χ4n) is 0.846. The van der Waals surface area contributed by atoms with Crippen LogP contribution in [0.4, 0.5) is 0 Å². The second-order valence-corrected chi connectivity index (χ2v) is 3.16. The zero-order chi connectivity index (χ0) is 11.4. The number of aliphatic hydroxyl groups is 1. The summed E-state index contributed by atoms with van der Waals surface area (Å²) in [4.78, 5) is 8.36. The van der Waals surface area contributed by atoms with E-state index in [4.69, 9.17) is 15.0 Å². The molecule has 3 heteroatoms. The summed E-state index contributed by atoms with van der Waals surface area (Å²) < 4.78 is 0. The van der Waals surface area contributed by atoms with Gasteiger partial charge in [0.25, 0.3) is 6.47 Å². The Morgan fingerprint density at radius 1 is 1.21 bits per heavy atom. The Bertz CT molecular complexity index is 189. The normalized spacial score (nSPS) is 9.86. The van der Waals surface area contributed by atoms with Gasteiger partial charge in [0.2, 0.25) is 0 Å². The number of rotatable bonds is 4. The maximum atomic E-state index is 8.55. The SMILES string of the molecule is CC(C)=CCC/C(C)=C\CO.O=CO. The first-order valence-electron chi connectivity index (χ1n) is 4.56. The van der Waals surface area contributed by atoms with E-state index >= 15 is 0 Å². The summed E-state index contributed by atoms with van der Waals surface area (Å²) in [6.07, 6.45) is 6.23. The quantitative estimate of drug-likeness (QED) is 0.541. The van der Waals surface area contributed by atoms with Crippen LogP contribution in [0.25, 0.3) is 0 Å². The molecule has 82 valence electrons. The molecule has 14 heavy (non-hydrogen) atoms. The molecule has 0 aromatic carbocycles. The topological polar surface area (TPSA) is 57.5 Å². The lowest BCUT2D eigenvalue weighted by Gasteiger charge is -1.96. The van der Waals surface area contributed by atoms with Crippen molar-refractivity contribution in [2.75, 3.05) is 6.61 Å². The minimum absolute atomic E-state index is 0.167. The van der Waals surface area contributed by atoms with Crippen LogP contribution in [0.15, 0.2) is 23.3 Å². The summed E-state index contributed by atoms with van der Waals surface area (Å²) in [5.41, 5.74) is 2.63. The molecule has 0 aromatic heterocycles. The van der Waals surface area contributed by atoms with Crippen molar-refractivity contribution < 1.29 is 15.0 Å². The third-order valence-electron chi connectivity index (χ3n) is 1.53. The lowest BCUT2D eigenvalue weighted by atomic mass is 10.1. The van der Waals surface area contributed by atoms with Gasteiger partial charge in [0.1, 0.15) is 0 Å². The Hall–Kier alpha value is -1.09. The van der Waals surface area contributed by atoms with Gasteiger partial charge in [-0.1, -0.05) is 23.3 Å². The van der Waals surface area contributed by atoms with Crippen LogP contribution in [0.5, 0.6) is 0 Å². The second kappa shape index (κ2) is 11.9. The highest BCUT2D eigenvalue weighted by Gasteiger charge is 1.86. The van der Waals surface area contributed by atoms with E-state index in [-0.39, 0.29) is 13.1 Å². The van der Waals surface area contributed by atoms with Gasteiger partial charge in [-0.25, -0.2) is 0 Å². The number of aliphatic hydroxyl groups excluding tert-OH is 1. The summed E-state index contributed by atoms with van der Waals surface area (Å²) in [6, 6.07) is 0. The van der Waals surface area contributed by atoms with Crippen molar-refractivity contribution in [1.29, 1.82) is 0 Å². The van der Waals surface area contributed by atoms with Crippen molar-refractivity contribution in [3.8, 4) is 0 Å². The molecule has 0 unspecified atom stereocenters. The lowest BCUT2D eigenvalue weighted by molar-refractivity contribution is -0.122.